The minimum Gasteiger partial charge on any atom is -0.378 e. The summed E-state index contributed by atoms with van der Waals surface area (Å²) < 4.78 is 44.9. The Morgan fingerprint density at radius 1 is 1.30 bits per heavy atom. The Morgan fingerprint density at radius 3 is 2.61 bits per heavy atom. The van der Waals surface area contributed by atoms with Crippen molar-refractivity contribution in [1.82, 2.24) is 5.32 Å². The molecule has 1 amide bonds. The largest absolute Gasteiger partial charge is 0.378 e. The molecule has 0 unspecified atom stereocenters. The Kier molecular flexibility index (Phi) is 4.48. The molecule has 0 aromatic heterocycles. The monoisotopic (exact) mass is 328 g/mol. The molecule has 1 aliphatic carbocycles. The van der Waals surface area contributed by atoms with Crippen LogP contribution in [0, 0.1) is 11.7 Å². The average Bonchev–Trinajstić information content (AvgIpc) is 2.51. The minimum absolute atomic E-state index is 0.196. The van der Waals surface area contributed by atoms with Crippen LogP contribution in [0.15, 0.2) is 18.2 Å². The number of carbonyl (C=O) groups excluding carboxylic acids is 1. The third-order valence-electron chi connectivity index (χ3n) is 4.29. The number of anilines is 1. The van der Waals surface area contributed by atoms with E-state index in [0.717, 1.165) is 0 Å². The van der Waals surface area contributed by atoms with Crippen LogP contribution in [0.25, 0.3) is 0 Å². The Labute approximate surface area is 132 Å². The van der Waals surface area contributed by atoms with Crippen molar-refractivity contribution in [2.24, 2.45) is 5.92 Å². The molecule has 23 heavy (non-hydrogen) atoms. The normalized spacial score (nSPS) is 20.9. The van der Waals surface area contributed by atoms with Gasteiger partial charge < -0.3 is 15.0 Å². The molecule has 3 rings (SSSR count). The van der Waals surface area contributed by atoms with E-state index in [1.165, 1.54) is 6.07 Å². The lowest BCUT2D eigenvalue weighted by molar-refractivity contribution is -0.108. The minimum atomic E-state index is -2.60. The molecular formula is C16H19F3N2O2. The van der Waals surface area contributed by atoms with Gasteiger partial charge in [0.15, 0.2) is 0 Å². The van der Waals surface area contributed by atoms with Crippen molar-refractivity contribution < 1.29 is 22.7 Å². The number of amides is 1. The lowest BCUT2D eigenvalue weighted by Crippen LogP contribution is -2.42. The van der Waals surface area contributed by atoms with E-state index in [9.17, 15) is 18.0 Å². The number of hydrogen-bond acceptors (Lipinski definition) is 3. The molecule has 1 aromatic rings. The molecule has 1 aliphatic heterocycles. The van der Waals surface area contributed by atoms with E-state index in [2.05, 4.69) is 5.32 Å². The Bertz CT molecular complexity index is 581. The molecule has 1 aromatic carbocycles. The topological polar surface area (TPSA) is 41.6 Å². The number of carbonyl (C=O) groups is 1. The number of alkyl halides is 2. The van der Waals surface area contributed by atoms with Crippen molar-refractivity contribution >= 4 is 11.6 Å². The highest BCUT2D eigenvalue weighted by Crippen LogP contribution is 2.41. The first-order chi connectivity index (χ1) is 10.9. The predicted octanol–water partition coefficient (Wildman–Crippen LogP) is 2.44. The number of nitrogens with zero attached hydrogens (tertiary/aromatic N) is 1. The van der Waals surface area contributed by atoms with E-state index < -0.39 is 17.6 Å². The third-order valence-corrected chi connectivity index (χ3v) is 4.29. The van der Waals surface area contributed by atoms with Crippen LogP contribution in [-0.4, -0.2) is 44.7 Å². The van der Waals surface area contributed by atoms with Gasteiger partial charge in [-0.1, -0.05) is 0 Å². The summed E-state index contributed by atoms with van der Waals surface area (Å²) in [6.07, 6.45) is -0.394. The lowest BCUT2D eigenvalue weighted by Gasteiger charge is -2.34. The zero-order valence-electron chi connectivity index (χ0n) is 12.7. The molecule has 1 heterocycles. The zero-order valence-corrected chi connectivity index (χ0v) is 12.7. The van der Waals surface area contributed by atoms with Gasteiger partial charge in [-0.05, 0) is 24.1 Å². The highest BCUT2D eigenvalue weighted by atomic mass is 19.3. The van der Waals surface area contributed by atoms with Crippen molar-refractivity contribution in [1.29, 1.82) is 0 Å². The van der Waals surface area contributed by atoms with Gasteiger partial charge in [0, 0.05) is 38.0 Å². The molecule has 1 saturated heterocycles. The first-order valence-corrected chi connectivity index (χ1v) is 7.73. The van der Waals surface area contributed by atoms with Gasteiger partial charge in [-0.3, -0.25) is 4.79 Å². The quantitative estimate of drug-likeness (QED) is 0.923. The third kappa shape index (κ3) is 3.77. The maximum atomic E-state index is 14.2. The van der Waals surface area contributed by atoms with Crippen molar-refractivity contribution in [3.05, 3.63) is 29.6 Å². The van der Waals surface area contributed by atoms with Crippen molar-refractivity contribution in [2.75, 3.05) is 37.7 Å². The van der Waals surface area contributed by atoms with Gasteiger partial charge in [0.25, 0.3) is 5.91 Å². The number of morpholine rings is 1. The SMILES string of the molecule is O=C(NCC1CC(F)(F)C1)c1ccc(N2CCOCC2)c(F)c1. The fourth-order valence-electron chi connectivity index (χ4n) is 2.98. The van der Waals surface area contributed by atoms with Gasteiger partial charge in [0.1, 0.15) is 5.82 Å². The Balaban J connectivity index is 1.57. The summed E-state index contributed by atoms with van der Waals surface area (Å²) in [4.78, 5) is 13.9. The summed E-state index contributed by atoms with van der Waals surface area (Å²) in [5, 5.41) is 2.59. The fourth-order valence-corrected chi connectivity index (χ4v) is 2.98. The molecule has 4 nitrogen and oxygen atoms in total. The van der Waals surface area contributed by atoms with E-state index in [4.69, 9.17) is 4.74 Å². The molecule has 0 atom stereocenters. The van der Waals surface area contributed by atoms with E-state index in [1.54, 1.807) is 12.1 Å². The summed E-state index contributed by atoms with van der Waals surface area (Å²) >= 11 is 0. The summed E-state index contributed by atoms with van der Waals surface area (Å²) in [7, 11) is 0. The van der Waals surface area contributed by atoms with Crippen LogP contribution in [0.4, 0.5) is 18.9 Å². The second-order valence-electron chi connectivity index (χ2n) is 6.11. The van der Waals surface area contributed by atoms with Crippen LogP contribution in [0.2, 0.25) is 0 Å². The molecular weight excluding hydrogens is 309 g/mol. The maximum Gasteiger partial charge on any atom is 0.251 e. The van der Waals surface area contributed by atoms with E-state index in [1.807, 2.05) is 4.90 Å². The molecule has 2 fully saturated rings. The first kappa shape index (κ1) is 16.1. The van der Waals surface area contributed by atoms with Gasteiger partial charge in [-0.2, -0.15) is 0 Å². The summed E-state index contributed by atoms with van der Waals surface area (Å²) in [6, 6.07) is 4.32. The standard InChI is InChI=1S/C16H19F3N2O2/c17-13-7-12(1-2-14(13)21-3-5-23-6-4-21)15(22)20-10-11-8-16(18,19)9-11/h1-2,7,11H,3-6,8-10H2,(H,20,22). The number of rotatable bonds is 4. The maximum absolute atomic E-state index is 14.2. The van der Waals surface area contributed by atoms with Gasteiger partial charge in [-0.15, -0.1) is 0 Å². The van der Waals surface area contributed by atoms with Gasteiger partial charge >= 0.3 is 0 Å². The first-order valence-electron chi connectivity index (χ1n) is 7.73. The van der Waals surface area contributed by atoms with Gasteiger partial charge in [-0.25, -0.2) is 13.2 Å². The molecule has 1 N–H and O–H groups in total. The molecule has 2 aliphatic rings. The van der Waals surface area contributed by atoms with E-state index >= 15 is 0 Å². The number of ether oxygens (including phenoxy) is 1. The number of halogens is 3. The average molecular weight is 328 g/mol. The highest BCUT2D eigenvalue weighted by Gasteiger charge is 2.45. The predicted molar refractivity (Wildman–Crippen MR) is 79.4 cm³/mol. The van der Waals surface area contributed by atoms with Crippen LogP contribution in [-0.2, 0) is 4.74 Å². The number of benzene rings is 1. The van der Waals surface area contributed by atoms with Gasteiger partial charge in [0.2, 0.25) is 5.92 Å². The van der Waals surface area contributed by atoms with Crippen LogP contribution in [0.3, 0.4) is 0 Å². The lowest BCUT2D eigenvalue weighted by atomic mass is 9.81. The number of hydrogen-bond donors (Lipinski definition) is 1. The van der Waals surface area contributed by atoms with Crippen LogP contribution in [0.5, 0.6) is 0 Å². The van der Waals surface area contributed by atoms with Gasteiger partial charge in [0.05, 0.1) is 18.9 Å². The summed E-state index contributed by atoms with van der Waals surface area (Å²) in [5.41, 5.74) is 0.647. The van der Waals surface area contributed by atoms with Crippen LogP contribution >= 0.6 is 0 Å². The molecule has 0 radical (unpaired) electrons. The molecule has 7 heteroatoms. The van der Waals surface area contributed by atoms with E-state index in [0.29, 0.717) is 32.0 Å². The molecule has 0 spiro atoms. The van der Waals surface area contributed by atoms with Crippen LogP contribution < -0.4 is 10.2 Å². The Hall–Kier alpha value is -1.76. The van der Waals surface area contributed by atoms with Crippen molar-refractivity contribution in [3.8, 4) is 0 Å². The summed E-state index contributed by atoms with van der Waals surface area (Å²) in [5.74, 6) is -3.70. The molecule has 126 valence electrons. The van der Waals surface area contributed by atoms with Crippen molar-refractivity contribution in [3.63, 3.8) is 0 Å². The smallest absolute Gasteiger partial charge is 0.251 e. The second kappa shape index (κ2) is 6.39. The number of nitrogens with one attached hydrogen (secondary N) is 1. The molecule has 0 bridgehead atoms. The summed E-state index contributed by atoms with van der Waals surface area (Å²) in [6.45, 7) is 2.51. The van der Waals surface area contributed by atoms with Crippen LogP contribution in [0.1, 0.15) is 23.2 Å². The fraction of sp³-hybridized carbons (Fsp3) is 0.562. The molecule has 1 saturated carbocycles. The van der Waals surface area contributed by atoms with E-state index in [-0.39, 0.29) is 30.9 Å². The highest BCUT2D eigenvalue weighted by molar-refractivity contribution is 5.94. The van der Waals surface area contributed by atoms with Crippen molar-refractivity contribution in [2.45, 2.75) is 18.8 Å². The Morgan fingerprint density at radius 2 is 2.00 bits per heavy atom. The zero-order chi connectivity index (χ0) is 16.4. The second-order valence-corrected chi connectivity index (χ2v) is 6.11.